The minimum atomic E-state index is -6.00. The van der Waals surface area contributed by atoms with Crippen LogP contribution in [0, 0.1) is 45.3 Å². The maximum absolute atomic E-state index is 9.75. The first-order valence-corrected chi connectivity index (χ1v) is 16.9. The number of nitriles is 4. The number of rotatable bonds is 20. The molecule has 15 heteroatoms. The van der Waals surface area contributed by atoms with Gasteiger partial charge in [-0.2, -0.15) is 21.0 Å². The van der Waals surface area contributed by atoms with Crippen LogP contribution in [0.5, 0.6) is 0 Å². The Balaban J connectivity index is -0.0000000826. The molecule has 0 aromatic carbocycles. The average Bonchev–Trinajstić information content (AvgIpc) is 2.96. The second-order valence-corrected chi connectivity index (χ2v) is 10.3. The second kappa shape index (κ2) is 56.5. The van der Waals surface area contributed by atoms with Crippen molar-refractivity contribution in [3.63, 3.8) is 0 Å². The maximum Gasteiger partial charge on any atom is 2.00 e. The Bertz CT molecular complexity index is 599. The summed E-state index contributed by atoms with van der Waals surface area (Å²) in [5.41, 5.74) is 0. The van der Waals surface area contributed by atoms with Crippen LogP contribution < -0.4 is 0 Å². The fraction of sp³-hybridized carbons (Fsp3) is 0.875. The Kier molecular flexibility index (Phi) is 72.8. The molecule has 0 N–H and O–H groups in total. The molecule has 0 atom stereocenters. The normalized spacial score (nSPS) is 9.36. The molecule has 0 aliphatic heterocycles. The van der Waals surface area contributed by atoms with Crippen molar-refractivity contribution in [3.05, 3.63) is 0 Å². The van der Waals surface area contributed by atoms with E-state index in [9.17, 15) is 34.5 Å². The van der Waals surface area contributed by atoms with Gasteiger partial charge in [-0.15, -0.1) is 0 Å². The molecule has 0 fully saturated rings. The van der Waals surface area contributed by atoms with Gasteiger partial charge in [0.15, 0.2) is 0 Å². The predicted molar refractivity (Wildman–Crippen MR) is 176 cm³/mol. The van der Waals surface area contributed by atoms with Crippen molar-refractivity contribution in [3.8, 4) is 24.3 Å². The zero-order valence-electron chi connectivity index (χ0n) is 29.3. The van der Waals surface area contributed by atoms with Crippen LogP contribution in [0.1, 0.15) is 182 Å². The molecular formula is C32H60B2F8N4Pd. The number of nitrogens with zero attached hydrogens (tertiary/aromatic N) is 4. The monoisotopic (exact) mass is 780 g/mol. The molecule has 280 valence electrons. The summed E-state index contributed by atoms with van der Waals surface area (Å²) in [4.78, 5) is 0. The van der Waals surface area contributed by atoms with E-state index in [1.165, 1.54) is 103 Å². The van der Waals surface area contributed by atoms with Crippen molar-refractivity contribution in [2.45, 2.75) is 182 Å². The zero-order chi connectivity index (χ0) is 36.8. The van der Waals surface area contributed by atoms with Crippen LogP contribution in [0.15, 0.2) is 0 Å². The van der Waals surface area contributed by atoms with Crippen molar-refractivity contribution in [1.82, 2.24) is 0 Å². The fourth-order valence-electron chi connectivity index (χ4n) is 3.23. The van der Waals surface area contributed by atoms with Gasteiger partial charge in [0.25, 0.3) is 0 Å². The maximum atomic E-state index is 9.75. The largest absolute Gasteiger partial charge is 2.00 e. The third kappa shape index (κ3) is 160. The van der Waals surface area contributed by atoms with E-state index in [1.54, 1.807) is 0 Å². The third-order valence-corrected chi connectivity index (χ3v) is 5.57. The Morgan fingerprint density at radius 1 is 0.319 bits per heavy atom. The minimum absolute atomic E-state index is 0. The van der Waals surface area contributed by atoms with Crippen molar-refractivity contribution < 1.29 is 54.9 Å². The van der Waals surface area contributed by atoms with Crippen molar-refractivity contribution in [2.75, 3.05) is 0 Å². The molecule has 0 heterocycles. The Morgan fingerprint density at radius 2 is 0.447 bits per heavy atom. The molecule has 0 spiro atoms. The van der Waals surface area contributed by atoms with Gasteiger partial charge in [0.1, 0.15) is 0 Å². The van der Waals surface area contributed by atoms with Gasteiger partial charge in [-0.25, -0.2) is 0 Å². The van der Waals surface area contributed by atoms with Crippen LogP contribution in [0.2, 0.25) is 0 Å². The first kappa shape index (κ1) is 60.5. The number of hydrogen-bond donors (Lipinski definition) is 0. The quantitative estimate of drug-likeness (QED) is 0.0698. The van der Waals surface area contributed by atoms with Gasteiger partial charge in [-0.05, 0) is 25.7 Å². The Hall–Kier alpha value is -1.81. The van der Waals surface area contributed by atoms with Crippen LogP contribution >= 0.6 is 0 Å². The van der Waals surface area contributed by atoms with Gasteiger partial charge < -0.3 is 34.5 Å². The fourth-order valence-corrected chi connectivity index (χ4v) is 3.23. The van der Waals surface area contributed by atoms with Crippen molar-refractivity contribution >= 4 is 14.5 Å². The third-order valence-electron chi connectivity index (χ3n) is 5.57. The summed E-state index contributed by atoms with van der Waals surface area (Å²) >= 11 is 0. The number of unbranched alkanes of at least 4 members (excludes halogenated alkanes) is 20. The predicted octanol–water partition coefficient (Wildman–Crippen LogP) is 14.1. The summed E-state index contributed by atoms with van der Waals surface area (Å²) in [6.07, 6.45) is 27.9. The molecular weight excluding hydrogens is 720 g/mol. The van der Waals surface area contributed by atoms with E-state index in [0.29, 0.717) is 0 Å². The number of hydrogen-bond acceptors (Lipinski definition) is 4. The second-order valence-electron chi connectivity index (χ2n) is 10.3. The summed E-state index contributed by atoms with van der Waals surface area (Å²) in [5, 5.41) is 32.7. The van der Waals surface area contributed by atoms with Crippen LogP contribution in [0.4, 0.5) is 34.5 Å². The SMILES string of the molecule is CCCCCCCC#N.CCCCCCCC#N.CCCCCCCC#N.CCCCCCCC#N.F[B-](F)(F)F.F[B-](F)(F)F.[Pd+2]. The first-order chi connectivity index (χ1) is 21.7. The summed E-state index contributed by atoms with van der Waals surface area (Å²) in [7, 11) is -12.0. The van der Waals surface area contributed by atoms with Gasteiger partial charge in [0.05, 0.1) is 24.3 Å². The van der Waals surface area contributed by atoms with Gasteiger partial charge in [-0.3, -0.25) is 0 Å². The summed E-state index contributed by atoms with van der Waals surface area (Å²) in [6.45, 7) is 8.79. The molecule has 0 saturated heterocycles. The molecule has 0 aliphatic rings. The van der Waals surface area contributed by atoms with E-state index in [4.69, 9.17) is 21.0 Å². The van der Waals surface area contributed by atoms with E-state index in [1.807, 2.05) is 0 Å². The summed E-state index contributed by atoms with van der Waals surface area (Å²) < 4.78 is 78.0. The van der Waals surface area contributed by atoms with Crippen molar-refractivity contribution in [2.24, 2.45) is 0 Å². The van der Waals surface area contributed by atoms with Gasteiger partial charge >= 0.3 is 34.9 Å². The minimum Gasteiger partial charge on any atom is -0.418 e. The molecule has 47 heavy (non-hydrogen) atoms. The molecule has 0 saturated carbocycles. The van der Waals surface area contributed by atoms with Gasteiger partial charge in [-0.1, -0.05) is 130 Å². The standard InChI is InChI=1S/4C8H15N.2BF4.Pd/c4*1-2-3-4-5-6-7-8-9;2*2-1(3,4)5;/h4*2-7H2,1H3;;;/q;;;;2*-1;+2. The molecule has 0 radical (unpaired) electrons. The molecule has 4 nitrogen and oxygen atoms in total. The van der Waals surface area contributed by atoms with E-state index < -0.39 is 14.5 Å². The smallest absolute Gasteiger partial charge is 0.418 e. The molecule has 0 rings (SSSR count). The molecule has 0 unspecified atom stereocenters. The summed E-state index contributed by atoms with van der Waals surface area (Å²) in [6, 6.07) is 8.58. The molecule has 0 amide bonds. The first-order valence-electron chi connectivity index (χ1n) is 16.9. The van der Waals surface area contributed by atoms with Crippen LogP contribution in [0.25, 0.3) is 0 Å². The molecule has 0 aromatic heterocycles. The van der Waals surface area contributed by atoms with Crippen LogP contribution in [0.3, 0.4) is 0 Å². The van der Waals surface area contributed by atoms with Crippen molar-refractivity contribution in [1.29, 1.82) is 21.0 Å². The molecule has 0 bridgehead atoms. The van der Waals surface area contributed by atoms with Crippen LogP contribution in [-0.2, 0) is 20.4 Å². The van der Waals surface area contributed by atoms with E-state index in [-0.39, 0.29) is 20.4 Å². The van der Waals surface area contributed by atoms with E-state index >= 15 is 0 Å². The van der Waals surface area contributed by atoms with E-state index in [2.05, 4.69) is 52.0 Å². The summed E-state index contributed by atoms with van der Waals surface area (Å²) in [5.74, 6) is 0. The zero-order valence-corrected chi connectivity index (χ0v) is 30.8. The van der Waals surface area contributed by atoms with Gasteiger partial charge in [0.2, 0.25) is 0 Å². The number of halogens is 8. The van der Waals surface area contributed by atoms with Crippen LogP contribution in [-0.4, -0.2) is 14.5 Å². The molecule has 0 aliphatic carbocycles. The average molecular weight is 781 g/mol. The van der Waals surface area contributed by atoms with Gasteiger partial charge in [0, 0.05) is 25.7 Å². The Morgan fingerprint density at radius 3 is 0.553 bits per heavy atom. The topological polar surface area (TPSA) is 95.2 Å². The Labute approximate surface area is 295 Å². The van der Waals surface area contributed by atoms with E-state index in [0.717, 1.165) is 51.4 Å². The molecule has 0 aromatic rings.